The van der Waals surface area contributed by atoms with Crippen molar-refractivity contribution in [3.05, 3.63) is 12.2 Å². The summed E-state index contributed by atoms with van der Waals surface area (Å²) in [5, 5.41) is 0. The van der Waals surface area contributed by atoms with Gasteiger partial charge in [-0.3, -0.25) is 0 Å². The summed E-state index contributed by atoms with van der Waals surface area (Å²) in [6.45, 7) is 6.96. The van der Waals surface area contributed by atoms with Gasteiger partial charge < -0.3 is 4.74 Å². The average Bonchev–Trinajstić information content (AvgIpc) is 2.09. The standard InChI is InChI=1S/C11H20O/c1-3-4-5-6-11-8-7-10(2)9-12-11/h11H,2-9H2,1H3. The van der Waals surface area contributed by atoms with Gasteiger partial charge in [0.15, 0.2) is 0 Å². The van der Waals surface area contributed by atoms with E-state index in [-0.39, 0.29) is 0 Å². The van der Waals surface area contributed by atoms with Crippen LogP contribution in [-0.4, -0.2) is 12.7 Å². The van der Waals surface area contributed by atoms with Crippen molar-refractivity contribution in [2.24, 2.45) is 0 Å². The van der Waals surface area contributed by atoms with E-state index in [0.717, 1.165) is 6.61 Å². The van der Waals surface area contributed by atoms with Crippen LogP contribution in [0.15, 0.2) is 12.2 Å². The SMILES string of the molecule is C=C1CCC(CCCCC)OC1. The lowest BCUT2D eigenvalue weighted by Gasteiger charge is -2.23. The van der Waals surface area contributed by atoms with E-state index in [1.165, 1.54) is 44.1 Å². The zero-order valence-corrected chi connectivity index (χ0v) is 8.14. The fourth-order valence-electron chi connectivity index (χ4n) is 1.61. The molecule has 0 aromatic carbocycles. The van der Waals surface area contributed by atoms with Gasteiger partial charge in [0.1, 0.15) is 0 Å². The molecule has 70 valence electrons. The first kappa shape index (κ1) is 9.79. The smallest absolute Gasteiger partial charge is 0.0677 e. The highest BCUT2D eigenvalue weighted by molar-refractivity contribution is 4.97. The molecule has 0 N–H and O–H groups in total. The van der Waals surface area contributed by atoms with Crippen molar-refractivity contribution in [2.75, 3.05) is 6.61 Å². The molecule has 1 heteroatoms. The van der Waals surface area contributed by atoms with Gasteiger partial charge in [0.2, 0.25) is 0 Å². The second-order valence-corrected chi connectivity index (χ2v) is 3.72. The lowest BCUT2D eigenvalue weighted by atomic mass is 10.0. The number of ether oxygens (including phenoxy) is 1. The van der Waals surface area contributed by atoms with E-state index in [1.807, 2.05) is 0 Å². The predicted molar refractivity (Wildman–Crippen MR) is 52.3 cm³/mol. The maximum atomic E-state index is 5.64. The summed E-state index contributed by atoms with van der Waals surface area (Å²) in [6, 6.07) is 0. The van der Waals surface area contributed by atoms with Gasteiger partial charge in [0.05, 0.1) is 12.7 Å². The van der Waals surface area contributed by atoms with Crippen LogP contribution in [0.3, 0.4) is 0 Å². The Morgan fingerprint density at radius 3 is 2.92 bits per heavy atom. The van der Waals surface area contributed by atoms with Crippen LogP contribution in [0.1, 0.15) is 45.4 Å². The Morgan fingerprint density at radius 1 is 1.50 bits per heavy atom. The summed E-state index contributed by atoms with van der Waals surface area (Å²) in [5.41, 5.74) is 1.27. The Bertz CT molecular complexity index is 130. The lowest BCUT2D eigenvalue weighted by molar-refractivity contribution is 0.0354. The van der Waals surface area contributed by atoms with Crippen molar-refractivity contribution in [3.8, 4) is 0 Å². The second kappa shape index (κ2) is 5.36. The Hall–Kier alpha value is -0.300. The first-order valence-corrected chi connectivity index (χ1v) is 5.11. The van der Waals surface area contributed by atoms with E-state index in [0.29, 0.717) is 6.10 Å². The Kier molecular flexibility index (Phi) is 4.37. The summed E-state index contributed by atoms with van der Waals surface area (Å²) in [4.78, 5) is 0. The molecule has 0 saturated carbocycles. The molecule has 1 aliphatic rings. The molecular weight excluding hydrogens is 148 g/mol. The monoisotopic (exact) mass is 168 g/mol. The molecule has 1 unspecified atom stereocenters. The highest BCUT2D eigenvalue weighted by atomic mass is 16.5. The van der Waals surface area contributed by atoms with Gasteiger partial charge in [-0.05, 0) is 19.3 Å². The Labute approximate surface area is 75.8 Å². The number of hydrogen-bond acceptors (Lipinski definition) is 1. The molecule has 0 radical (unpaired) electrons. The molecule has 0 amide bonds. The minimum Gasteiger partial charge on any atom is -0.374 e. The molecule has 1 aliphatic heterocycles. The molecule has 1 nitrogen and oxygen atoms in total. The topological polar surface area (TPSA) is 9.23 Å². The first-order valence-electron chi connectivity index (χ1n) is 5.11. The fourth-order valence-corrected chi connectivity index (χ4v) is 1.61. The third kappa shape index (κ3) is 3.40. The van der Waals surface area contributed by atoms with Crippen molar-refractivity contribution in [1.29, 1.82) is 0 Å². The van der Waals surface area contributed by atoms with Crippen molar-refractivity contribution >= 4 is 0 Å². The Balaban J connectivity index is 2.05. The van der Waals surface area contributed by atoms with Crippen LogP contribution >= 0.6 is 0 Å². The summed E-state index contributed by atoms with van der Waals surface area (Å²) in [6.07, 6.45) is 8.14. The molecule has 0 aromatic rings. The highest BCUT2D eigenvalue weighted by Gasteiger charge is 2.14. The first-order chi connectivity index (χ1) is 5.83. The fraction of sp³-hybridized carbons (Fsp3) is 0.818. The van der Waals surface area contributed by atoms with Crippen LogP contribution in [0.5, 0.6) is 0 Å². The molecular formula is C11H20O. The molecule has 12 heavy (non-hydrogen) atoms. The summed E-state index contributed by atoms with van der Waals surface area (Å²) < 4.78 is 5.64. The van der Waals surface area contributed by atoms with Gasteiger partial charge in [-0.15, -0.1) is 0 Å². The van der Waals surface area contributed by atoms with Gasteiger partial charge in [-0.25, -0.2) is 0 Å². The van der Waals surface area contributed by atoms with Gasteiger partial charge in [-0.2, -0.15) is 0 Å². The predicted octanol–water partition coefficient (Wildman–Crippen LogP) is 3.30. The average molecular weight is 168 g/mol. The zero-order chi connectivity index (χ0) is 8.81. The summed E-state index contributed by atoms with van der Waals surface area (Å²) in [5.74, 6) is 0. The third-order valence-electron chi connectivity index (χ3n) is 2.47. The van der Waals surface area contributed by atoms with Crippen LogP contribution in [0.2, 0.25) is 0 Å². The molecule has 0 spiro atoms. The number of unbranched alkanes of at least 4 members (excludes halogenated alkanes) is 2. The lowest BCUT2D eigenvalue weighted by Crippen LogP contribution is -2.20. The molecule has 1 atom stereocenters. The third-order valence-corrected chi connectivity index (χ3v) is 2.47. The van der Waals surface area contributed by atoms with Crippen LogP contribution in [-0.2, 0) is 4.74 Å². The highest BCUT2D eigenvalue weighted by Crippen LogP contribution is 2.20. The van der Waals surface area contributed by atoms with E-state index in [9.17, 15) is 0 Å². The van der Waals surface area contributed by atoms with Crippen molar-refractivity contribution in [3.63, 3.8) is 0 Å². The van der Waals surface area contributed by atoms with E-state index in [4.69, 9.17) is 4.74 Å². The molecule has 1 fully saturated rings. The van der Waals surface area contributed by atoms with E-state index in [2.05, 4.69) is 13.5 Å². The maximum absolute atomic E-state index is 5.64. The second-order valence-electron chi connectivity index (χ2n) is 3.72. The van der Waals surface area contributed by atoms with Gasteiger partial charge >= 0.3 is 0 Å². The molecule has 1 saturated heterocycles. The van der Waals surface area contributed by atoms with Crippen LogP contribution in [0.25, 0.3) is 0 Å². The summed E-state index contributed by atoms with van der Waals surface area (Å²) >= 11 is 0. The van der Waals surface area contributed by atoms with Gasteiger partial charge in [0, 0.05) is 0 Å². The quantitative estimate of drug-likeness (QED) is 0.462. The number of rotatable bonds is 4. The van der Waals surface area contributed by atoms with Crippen LogP contribution in [0.4, 0.5) is 0 Å². The minimum atomic E-state index is 0.530. The minimum absolute atomic E-state index is 0.530. The normalized spacial score (nSPS) is 24.4. The molecule has 0 aliphatic carbocycles. The van der Waals surface area contributed by atoms with E-state index >= 15 is 0 Å². The largest absolute Gasteiger partial charge is 0.374 e. The Morgan fingerprint density at radius 2 is 2.33 bits per heavy atom. The maximum Gasteiger partial charge on any atom is 0.0677 e. The van der Waals surface area contributed by atoms with Gasteiger partial charge in [-0.1, -0.05) is 38.3 Å². The van der Waals surface area contributed by atoms with Crippen LogP contribution < -0.4 is 0 Å². The van der Waals surface area contributed by atoms with E-state index in [1.54, 1.807) is 0 Å². The summed E-state index contributed by atoms with van der Waals surface area (Å²) in [7, 11) is 0. The molecule has 0 bridgehead atoms. The number of hydrogen-bond donors (Lipinski definition) is 0. The molecule has 1 rings (SSSR count). The van der Waals surface area contributed by atoms with Crippen molar-refractivity contribution in [2.45, 2.75) is 51.6 Å². The van der Waals surface area contributed by atoms with Crippen molar-refractivity contribution < 1.29 is 4.74 Å². The zero-order valence-electron chi connectivity index (χ0n) is 8.14. The van der Waals surface area contributed by atoms with Gasteiger partial charge in [0.25, 0.3) is 0 Å². The van der Waals surface area contributed by atoms with Crippen molar-refractivity contribution in [1.82, 2.24) is 0 Å². The molecule has 1 heterocycles. The van der Waals surface area contributed by atoms with E-state index < -0.39 is 0 Å². The van der Waals surface area contributed by atoms with Crippen LogP contribution in [0, 0.1) is 0 Å². The molecule has 0 aromatic heterocycles.